The number of aromatic amines is 1. The predicted octanol–water partition coefficient (Wildman–Crippen LogP) is 5.79. The highest BCUT2D eigenvalue weighted by molar-refractivity contribution is 6.00. The number of methoxy groups -OCH3 is 1. The van der Waals surface area contributed by atoms with Gasteiger partial charge in [-0.15, -0.1) is 0 Å². The quantitative estimate of drug-likeness (QED) is 0.0125. The third kappa shape index (κ3) is 38.1. The molecule has 33 heteroatoms. The minimum Gasteiger partial charge on any atom is -0.467 e. The molecule has 0 aliphatic carbocycles. The van der Waals surface area contributed by atoms with Crippen molar-refractivity contribution in [2.75, 3.05) is 26.8 Å². The van der Waals surface area contributed by atoms with Gasteiger partial charge in [-0.1, -0.05) is 109 Å². The van der Waals surface area contributed by atoms with Crippen LogP contribution in [-0.4, -0.2) is 210 Å². The average molecular weight is 1690 g/mol. The number of para-hydroxylation sites is 1. The second kappa shape index (κ2) is 47.2. The van der Waals surface area contributed by atoms with E-state index in [0.29, 0.717) is 46.0 Å². The van der Waals surface area contributed by atoms with Crippen molar-refractivity contribution < 1.29 is 90.8 Å². The number of benzene rings is 4. The van der Waals surface area contributed by atoms with Crippen LogP contribution in [0.25, 0.3) is 10.9 Å². The van der Waals surface area contributed by atoms with Gasteiger partial charge in [0.25, 0.3) is 0 Å². The van der Waals surface area contributed by atoms with Crippen molar-refractivity contribution in [1.29, 1.82) is 0 Å². The van der Waals surface area contributed by atoms with E-state index in [9.17, 15) is 33.6 Å². The number of primary amides is 1. The molecule has 0 saturated heterocycles. The standard InChI is InChI=1S/C88H130N14O19/c1-53(118-85(6,7)8)70(79(111)99-65(48-57-38-26-21-27-39-57)78(110)102-71(54(2)119-86(9,10)11)80(112)100-68(81(113)116-18)52-117-84(3,4)5)101-73(105)62(43-31-33-45-92-83(115)121-88(15,16)17)94-76(108)66(49-58-51-93-61-42-29-28-40-59(58)61)98-75(107)64(47-56-36-24-20-25-37-56)96-74(106)63(46-55-34-22-19-23-35-55)97-77(109)67(50-69(90)103)95-72(104)60(89)41-30-32-44-91-82(114)120-87(12,13)14/h19-29,34-40,42,51,53-54,60,62-68,70-71,93H,30-33,41,43-50,52,89H2,1-18H3,(H2,90,103)(H,91,114)(H,92,115)(H,94,108)(H,95,104)(H,96,106)(H,97,109)(H,98,107)(H,99,111)(H,100,112)(H,101,105)(H,102,110)/t53-,54-,60+,62+,63+,64+,65+,66+,67+,68+,70+,71+/m1/s1. The molecule has 16 N–H and O–H groups in total. The number of carbonyl (C=O) groups is 13. The van der Waals surface area contributed by atoms with E-state index in [0.717, 1.165) is 7.11 Å². The van der Waals surface area contributed by atoms with Gasteiger partial charge in [0.05, 0.1) is 55.2 Å². The molecular formula is C88H130N14O19. The number of aromatic nitrogens is 1. The first kappa shape index (κ1) is 101. The minimum atomic E-state index is -1.67. The molecule has 1 aromatic heterocycles. The van der Waals surface area contributed by atoms with Crippen LogP contribution in [0.1, 0.15) is 185 Å². The van der Waals surface area contributed by atoms with Gasteiger partial charge in [-0.3, -0.25) is 47.9 Å². The van der Waals surface area contributed by atoms with Gasteiger partial charge < -0.3 is 103 Å². The zero-order valence-corrected chi connectivity index (χ0v) is 73.3. The van der Waals surface area contributed by atoms with E-state index in [1.54, 1.807) is 232 Å². The Hall–Kier alpha value is -11.0. The summed E-state index contributed by atoms with van der Waals surface area (Å²) in [5.74, 6) is -10.0. The number of alkyl carbamates (subject to hydrolysis) is 2. The van der Waals surface area contributed by atoms with Gasteiger partial charge in [0.15, 0.2) is 6.04 Å². The molecule has 5 rings (SSSR count). The second-order valence-electron chi connectivity index (χ2n) is 35.0. The van der Waals surface area contributed by atoms with Crippen LogP contribution in [0.15, 0.2) is 121 Å². The Bertz CT molecular complexity index is 4230. The fraction of sp³-hybridized carbons (Fsp3) is 0.557. The molecule has 12 atom stereocenters. The maximum absolute atomic E-state index is 15.7. The number of hydrogen-bond acceptors (Lipinski definition) is 20. The minimum absolute atomic E-state index is 0.0494. The molecule has 0 bridgehead atoms. The lowest BCUT2D eigenvalue weighted by Gasteiger charge is -2.34. The first-order valence-electron chi connectivity index (χ1n) is 41.0. The molecule has 0 radical (unpaired) electrons. The Morgan fingerprint density at radius 1 is 0.388 bits per heavy atom. The highest BCUT2D eigenvalue weighted by atomic mass is 16.6. The van der Waals surface area contributed by atoms with Gasteiger partial charge >= 0.3 is 18.2 Å². The van der Waals surface area contributed by atoms with Gasteiger partial charge in [-0.2, -0.15) is 0 Å². The largest absolute Gasteiger partial charge is 0.467 e. The molecule has 0 fully saturated rings. The lowest BCUT2D eigenvalue weighted by Crippen LogP contribution is -2.64. The Morgan fingerprint density at radius 3 is 1.15 bits per heavy atom. The van der Waals surface area contributed by atoms with Crippen LogP contribution in [0, 0.1) is 0 Å². The zero-order chi connectivity index (χ0) is 90.2. The van der Waals surface area contributed by atoms with Crippen LogP contribution in [0.3, 0.4) is 0 Å². The first-order valence-corrected chi connectivity index (χ1v) is 41.0. The average Bonchev–Trinajstić information content (AvgIpc) is 1.80. The summed E-state index contributed by atoms with van der Waals surface area (Å²) in [4.78, 5) is 190. The number of nitrogens with two attached hydrogens (primary N) is 2. The Labute approximate surface area is 710 Å². The molecule has 121 heavy (non-hydrogen) atoms. The summed E-state index contributed by atoms with van der Waals surface area (Å²) in [7, 11) is 1.15. The zero-order valence-electron chi connectivity index (χ0n) is 73.3. The number of rotatable bonds is 45. The van der Waals surface area contributed by atoms with Crippen molar-refractivity contribution in [2.24, 2.45) is 11.5 Å². The highest BCUT2D eigenvalue weighted by Gasteiger charge is 2.41. The number of carbonyl (C=O) groups excluding carboxylic acids is 13. The topological polar surface area (TPSA) is 477 Å². The van der Waals surface area contributed by atoms with Crippen molar-refractivity contribution >= 4 is 88.1 Å². The van der Waals surface area contributed by atoms with Crippen LogP contribution in [0.4, 0.5) is 9.59 Å². The number of H-pyrrole nitrogens is 1. The maximum atomic E-state index is 15.7. The molecule has 1 heterocycles. The summed E-state index contributed by atoms with van der Waals surface area (Å²) in [6.07, 6.45) is -2.48. The Kier molecular flexibility index (Phi) is 39.3. The predicted molar refractivity (Wildman–Crippen MR) is 456 cm³/mol. The molecule has 0 unspecified atom stereocenters. The van der Waals surface area contributed by atoms with Gasteiger partial charge in [0.2, 0.25) is 59.1 Å². The summed E-state index contributed by atoms with van der Waals surface area (Å²) in [5.41, 5.74) is 10.6. The number of esters is 1. The first-order chi connectivity index (χ1) is 56.6. The van der Waals surface area contributed by atoms with Crippen molar-refractivity contribution in [2.45, 2.75) is 289 Å². The lowest BCUT2D eigenvalue weighted by atomic mass is 10.00. The molecule has 33 nitrogen and oxygen atoms in total. The number of nitrogens with one attached hydrogen (secondary N) is 12. The molecule has 0 aliphatic rings. The normalized spacial score (nSPS) is 14.9. The van der Waals surface area contributed by atoms with Crippen LogP contribution in [-0.2, 0) is 107 Å². The van der Waals surface area contributed by atoms with Crippen molar-refractivity contribution in [3.05, 3.63) is 144 Å². The number of ether oxygens (including phenoxy) is 6. The fourth-order valence-electron chi connectivity index (χ4n) is 12.8. The van der Waals surface area contributed by atoms with Gasteiger partial charge in [0.1, 0.15) is 59.5 Å². The number of unbranched alkanes of at least 4 members (excludes halogenated alkanes) is 2. The monoisotopic (exact) mass is 1690 g/mol. The molecule has 0 spiro atoms. The smallest absolute Gasteiger partial charge is 0.407 e. The van der Waals surface area contributed by atoms with E-state index in [4.69, 9.17) is 39.9 Å². The van der Waals surface area contributed by atoms with Crippen molar-refractivity contribution in [3.8, 4) is 0 Å². The number of amides is 12. The maximum Gasteiger partial charge on any atom is 0.407 e. The Balaban J connectivity index is 1.57. The third-order valence-corrected chi connectivity index (χ3v) is 18.3. The molecule has 4 aromatic carbocycles. The van der Waals surface area contributed by atoms with Crippen LogP contribution < -0.4 is 70.0 Å². The van der Waals surface area contributed by atoms with E-state index >= 15 is 28.8 Å². The lowest BCUT2D eigenvalue weighted by molar-refractivity contribution is -0.150. The Morgan fingerprint density at radius 2 is 0.744 bits per heavy atom. The summed E-state index contributed by atoms with van der Waals surface area (Å²) in [6.45, 7) is 29.0. The van der Waals surface area contributed by atoms with Crippen LogP contribution >= 0.6 is 0 Å². The second-order valence-corrected chi connectivity index (χ2v) is 35.0. The SMILES string of the molecule is COC(=O)[C@H](COC(C)(C)C)NC(=O)[C@@H](NC(=O)[C@H](Cc1ccccc1)NC(=O)[C@@H](NC(=O)[C@H](CCCCNC(=O)OC(C)(C)C)NC(=O)[C@H](Cc1c[nH]c2ccccc12)NC(=O)[C@H](Cc1ccccc1)NC(=O)[C@H](Cc1ccccc1)NC(=O)[C@H](CC(N)=O)NC(=O)[C@@H](N)CCCCNC(=O)OC(C)(C)C)[C@@H](C)OC(C)(C)C)[C@@H](C)OC(C)(C)C. The summed E-state index contributed by atoms with van der Waals surface area (Å²) in [5, 5.41) is 30.8. The third-order valence-electron chi connectivity index (χ3n) is 18.3. The molecule has 0 aliphatic heterocycles. The van der Waals surface area contributed by atoms with E-state index in [1.807, 2.05) is 0 Å². The van der Waals surface area contributed by atoms with Crippen molar-refractivity contribution in [1.82, 2.24) is 63.5 Å². The summed E-state index contributed by atoms with van der Waals surface area (Å²) < 4.78 is 34.3. The molecule has 666 valence electrons. The van der Waals surface area contributed by atoms with E-state index in [-0.39, 0.29) is 71.1 Å². The fourth-order valence-corrected chi connectivity index (χ4v) is 12.8. The van der Waals surface area contributed by atoms with Crippen LogP contribution in [0.5, 0.6) is 0 Å². The molecule has 5 aromatic rings. The van der Waals surface area contributed by atoms with Gasteiger partial charge in [0, 0.05) is 55.9 Å². The van der Waals surface area contributed by atoms with Crippen molar-refractivity contribution in [3.63, 3.8) is 0 Å². The summed E-state index contributed by atoms with van der Waals surface area (Å²) >= 11 is 0. The van der Waals surface area contributed by atoms with E-state index < -0.39 is 184 Å². The summed E-state index contributed by atoms with van der Waals surface area (Å²) in [6, 6.07) is 17.8. The number of hydrogen-bond donors (Lipinski definition) is 14. The highest BCUT2D eigenvalue weighted by Crippen LogP contribution is 2.23. The van der Waals surface area contributed by atoms with E-state index in [2.05, 4.69) is 63.5 Å². The van der Waals surface area contributed by atoms with Crippen LogP contribution in [0.2, 0.25) is 0 Å². The molecular weight excluding hydrogens is 1560 g/mol. The molecule has 0 saturated carbocycles. The van der Waals surface area contributed by atoms with Gasteiger partial charge in [-0.25, -0.2) is 14.4 Å². The molecule has 12 amide bonds. The van der Waals surface area contributed by atoms with Gasteiger partial charge in [-0.05, 0) is 185 Å². The number of fused-ring (bicyclic) bond motifs is 1. The van der Waals surface area contributed by atoms with E-state index in [1.165, 1.54) is 6.92 Å².